The molecule has 3 aliphatic carbocycles. The summed E-state index contributed by atoms with van der Waals surface area (Å²) in [4.78, 5) is 0. The summed E-state index contributed by atoms with van der Waals surface area (Å²) < 4.78 is 0.783. The fourth-order valence-electron chi connectivity index (χ4n) is 7.80. The topological polar surface area (TPSA) is 0 Å². The Hall–Kier alpha value is -0.496. The summed E-state index contributed by atoms with van der Waals surface area (Å²) in [7, 11) is 0. The molecule has 5 rings (SSSR count). The molecule has 0 heterocycles. The van der Waals surface area contributed by atoms with Gasteiger partial charge in [0.15, 0.2) is 0 Å². The number of halogens is 3. The molecule has 2 aromatic carbocycles. The van der Waals surface area contributed by atoms with Gasteiger partial charge in [-0.3, -0.25) is 0 Å². The predicted molar refractivity (Wildman–Crippen MR) is 126 cm³/mol. The molecule has 0 N–H and O–H groups in total. The largest absolute Gasteiger partial charge is 1.00 e. The van der Waals surface area contributed by atoms with Crippen LogP contribution in [0.5, 0.6) is 0 Å². The molecule has 0 bridgehead atoms. The Morgan fingerprint density at radius 2 is 1.21 bits per heavy atom. The van der Waals surface area contributed by atoms with Gasteiger partial charge in [0, 0.05) is 0 Å². The fourth-order valence-corrected chi connectivity index (χ4v) is 8.83. The van der Waals surface area contributed by atoms with Gasteiger partial charge in [-0.2, -0.15) is 0 Å². The zero-order chi connectivity index (χ0) is 21.6. The summed E-state index contributed by atoms with van der Waals surface area (Å²) in [6.07, 6.45) is 14.0. The van der Waals surface area contributed by atoms with Crippen LogP contribution < -0.4 is 37.2 Å². The summed E-state index contributed by atoms with van der Waals surface area (Å²) in [5.74, 6) is 3.48. The van der Waals surface area contributed by atoms with Crippen LogP contribution in [-0.4, -0.2) is 0 Å². The van der Waals surface area contributed by atoms with Crippen LogP contribution in [0.25, 0.3) is 0 Å². The van der Waals surface area contributed by atoms with Gasteiger partial charge in [-0.05, 0) is 0 Å². The zero-order valence-electron chi connectivity index (χ0n) is 20.3. The smallest absolute Gasteiger partial charge is 1.00 e. The van der Waals surface area contributed by atoms with Gasteiger partial charge in [-0.1, -0.05) is 0 Å². The van der Waals surface area contributed by atoms with Gasteiger partial charge >= 0.3 is 201 Å². The second-order valence-corrected chi connectivity index (χ2v) is 12.2. The van der Waals surface area contributed by atoms with E-state index in [1.807, 2.05) is 0 Å². The molecule has 2 fully saturated rings. The number of hydrogen-bond acceptors (Lipinski definition) is 0. The second kappa shape index (κ2) is 11.7. The van der Waals surface area contributed by atoms with Gasteiger partial charge in [-0.15, -0.1) is 0 Å². The third kappa shape index (κ3) is 4.64. The molecule has 180 valence electrons. The first-order chi connectivity index (χ1) is 15.0. The second-order valence-electron chi connectivity index (χ2n) is 11.0. The molecule has 0 nitrogen and oxygen atoms in total. The Balaban J connectivity index is 0.00000136. The Bertz CT molecular complexity index is 924. The van der Waals surface area contributed by atoms with Crippen molar-refractivity contribution in [3.8, 4) is 0 Å². The van der Waals surface area contributed by atoms with Gasteiger partial charge in [0.05, 0.1) is 0 Å². The Kier molecular flexibility index (Phi) is 10.2. The molecule has 2 aromatic rings. The average Bonchev–Trinajstić information content (AvgIpc) is 3.11. The maximum absolute atomic E-state index is 2.58. The van der Waals surface area contributed by atoms with Crippen molar-refractivity contribution in [3.05, 3.63) is 96.1 Å². The predicted octanol–water partition coefficient (Wildman–Crippen LogP) is -1.23. The Labute approximate surface area is 237 Å². The number of rotatable bonds is 3. The summed E-state index contributed by atoms with van der Waals surface area (Å²) in [5.41, 5.74) is 3.06. The molecule has 0 aliphatic heterocycles. The minimum absolute atomic E-state index is 0. The summed E-state index contributed by atoms with van der Waals surface area (Å²) in [6.45, 7) is 7.47. The third-order valence-corrected chi connectivity index (χ3v) is 9.75. The minimum Gasteiger partial charge on any atom is -1.00 e. The van der Waals surface area contributed by atoms with Crippen LogP contribution in [0, 0.1) is 35.0 Å². The first kappa shape index (κ1) is 29.7. The maximum atomic E-state index is 2.58. The van der Waals surface area contributed by atoms with Crippen LogP contribution in [-0.2, 0) is 25.9 Å². The van der Waals surface area contributed by atoms with Crippen molar-refractivity contribution in [2.45, 2.75) is 49.7 Å². The van der Waals surface area contributed by atoms with E-state index < -0.39 is 0 Å². The first-order valence-electron chi connectivity index (χ1n) is 12.1. The quantitative estimate of drug-likeness (QED) is 0.421. The van der Waals surface area contributed by atoms with E-state index in [1.165, 1.54) is 30.4 Å². The molecule has 4 heteroatoms. The van der Waals surface area contributed by atoms with Crippen LogP contribution in [0.15, 0.2) is 85.0 Å². The van der Waals surface area contributed by atoms with Crippen molar-refractivity contribution in [3.63, 3.8) is 0 Å². The third-order valence-electron chi connectivity index (χ3n) is 8.70. The fraction of sp³-hybridized carbons (Fsp3) is 0.467. The van der Waals surface area contributed by atoms with Crippen LogP contribution in [0.1, 0.15) is 51.2 Å². The van der Waals surface area contributed by atoms with Gasteiger partial charge in [0.2, 0.25) is 0 Å². The summed E-state index contributed by atoms with van der Waals surface area (Å²) >= 11 is 2.55. The van der Waals surface area contributed by atoms with Crippen molar-refractivity contribution in [2.24, 2.45) is 35.0 Å². The molecule has 2 saturated carbocycles. The van der Waals surface area contributed by atoms with Gasteiger partial charge in [0.1, 0.15) is 0 Å². The molecule has 6 unspecified atom stereocenters. The van der Waals surface area contributed by atoms with Crippen molar-refractivity contribution >= 4 is 0 Å². The van der Waals surface area contributed by atoms with Crippen molar-refractivity contribution in [2.75, 3.05) is 0 Å². The molecule has 0 spiro atoms. The molecule has 0 amide bonds. The Morgan fingerprint density at radius 3 is 1.71 bits per heavy atom. The van der Waals surface area contributed by atoms with E-state index in [0.717, 1.165) is 16.1 Å². The Morgan fingerprint density at radius 1 is 0.706 bits per heavy atom. The average molecular weight is 550 g/mol. The van der Waals surface area contributed by atoms with Crippen LogP contribution >= 0.6 is 0 Å². The normalized spacial score (nSPS) is 29.7. The molecule has 6 atom stereocenters. The molecule has 3 aliphatic rings. The van der Waals surface area contributed by atoms with E-state index in [1.54, 1.807) is 0 Å². The van der Waals surface area contributed by atoms with E-state index in [9.17, 15) is 0 Å². The maximum Gasteiger partial charge on any atom is -1.00 e. The first-order valence-corrected chi connectivity index (χ1v) is 13.0. The van der Waals surface area contributed by atoms with E-state index in [-0.39, 0.29) is 48.1 Å². The molecule has 0 aromatic heterocycles. The number of allylic oxidation sites excluding steroid dienone is 4. The molecule has 34 heavy (non-hydrogen) atoms. The van der Waals surface area contributed by atoms with E-state index in [4.69, 9.17) is 0 Å². The number of benzene rings is 2. The van der Waals surface area contributed by atoms with Crippen molar-refractivity contribution < 1.29 is 57.7 Å². The molecule has 0 saturated heterocycles. The van der Waals surface area contributed by atoms with Crippen molar-refractivity contribution in [1.29, 1.82) is 0 Å². The zero-order valence-corrected chi connectivity index (χ0v) is 24.1. The molecular formula is C30H35Cl3Ti. The van der Waals surface area contributed by atoms with E-state index >= 15 is 0 Å². The minimum atomic E-state index is -0.0288. The van der Waals surface area contributed by atoms with Gasteiger partial charge in [0.25, 0.3) is 0 Å². The monoisotopic (exact) mass is 548 g/mol. The van der Waals surface area contributed by atoms with E-state index in [2.05, 4.69) is 126 Å². The van der Waals surface area contributed by atoms with Crippen molar-refractivity contribution in [1.82, 2.24) is 0 Å². The van der Waals surface area contributed by atoms with Gasteiger partial charge < -0.3 is 37.2 Å². The summed E-state index contributed by atoms with van der Waals surface area (Å²) in [6, 6.07) is 23.0. The van der Waals surface area contributed by atoms with Crippen LogP contribution in [0.3, 0.4) is 0 Å². The van der Waals surface area contributed by atoms with Gasteiger partial charge in [-0.25, -0.2) is 0 Å². The van der Waals surface area contributed by atoms with E-state index in [0.29, 0.717) is 17.8 Å². The molecular weight excluding hydrogens is 515 g/mol. The number of hydrogen-bond donors (Lipinski definition) is 0. The summed E-state index contributed by atoms with van der Waals surface area (Å²) in [5, 5.41) is 0. The standard InChI is InChI=1S/C30H35.3ClH.Ti/c1-29(2,3)30(22-14-6-4-7-15-22,23-16-8-5-9-17-23)28-26-20-12-10-18-24(26)25-19-11-13-21-27(25)28;;;;/h4-10,12,14-18,20-21,24-28H,11,13,19H2,1-3H3;3*1H;/q;;;;+3/p-3. The SMILES string of the molecule is CC(C)(C)C(c1ccccc1)(c1ccccc1)C1C2C=CC=CC2C2CCC[CH]([Ti+3])C21.[Cl-].[Cl-].[Cl-]. The van der Waals surface area contributed by atoms with Crippen LogP contribution in [0.4, 0.5) is 0 Å². The van der Waals surface area contributed by atoms with Crippen LogP contribution in [0.2, 0.25) is 4.22 Å². The number of fused-ring (bicyclic) bond motifs is 3. The molecule has 0 radical (unpaired) electrons.